The highest BCUT2D eigenvalue weighted by molar-refractivity contribution is 6.42. The minimum Gasteiger partial charge on any atom is -0.361 e. The summed E-state index contributed by atoms with van der Waals surface area (Å²) in [7, 11) is 0. The number of hydrogen-bond donors (Lipinski definition) is 2. The SMILES string of the molecule is O=c1[nH]c2cnc(NCCCN3C=NCC3)nc2n1Cc1cccc(Cl)c1Cl. The van der Waals surface area contributed by atoms with Gasteiger partial charge in [0.2, 0.25) is 5.95 Å². The summed E-state index contributed by atoms with van der Waals surface area (Å²) in [5.41, 5.74) is 1.57. The molecule has 0 bridgehead atoms. The molecule has 1 aliphatic rings. The smallest absolute Gasteiger partial charge is 0.328 e. The van der Waals surface area contributed by atoms with Crippen LogP contribution in [-0.4, -0.2) is 56.9 Å². The molecule has 1 aliphatic heterocycles. The van der Waals surface area contributed by atoms with Crippen LogP contribution in [-0.2, 0) is 6.54 Å². The quantitative estimate of drug-likeness (QED) is 0.574. The lowest BCUT2D eigenvalue weighted by Crippen LogP contribution is -2.23. The Hall–Kier alpha value is -2.58. The number of fused-ring (bicyclic) bond motifs is 1. The number of rotatable bonds is 7. The number of aliphatic imine (C=N–C) groups is 1. The highest BCUT2D eigenvalue weighted by Gasteiger charge is 2.13. The number of nitrogens with zero attached hydrogens (tertiary/aromatic N) is 5. The first-order valence-electron chi connectivity index (χ1n) is 8.98. The molecule has 0 spiro atoms. The van der Waals surface area contributed by atoms with Crippen molar-refractivity contribution in [3.05, 3.63) is 50.5 Å². The van der Waals surface area contributed by atoms with Crippen molar-refractivity contribution in [1.82, 2.24) is 24.4 Å². The predicted octanol–water partition coefficient (Wildman–Crippen LogP) is 2.62. The fourth-order valence-electron chi connectivity index (χ4n) is 3.09. The summed E-state index contributed by atoms with van der Waals surface area (Å²) in [5, 5.41) is 4.10. The summed E-state index contributed by atoms with van der Waals surface area (Å²) >= 11 is 12.3. The summed E-state index contributed by atoms with van der Waals surface area (Å²) in [6, 6.07) is 5.35. The minimum atomic E-state index is -0.272. The Kier molecular flexibility index (Phi) is 5.50. The van der Waals surface area contributed by atoms with Gasteiger partial charge in [-0.25, -0.2) is 9.78 Å². The third-order valence-electron chi connectivity index (χ3n) is 4.54. The molecule has 10 heteroatoms. The monoisotopic (exact) mass is 419 g/mol. The topological polar surface area (TPSA) is 91.2 Å². The average molecular weight is 420 g/mol. The van der Waals surface area contributed by atoms with Gasteiger partial charge in [-0.2, -0.15) is 4.98 Å². The van der Waals surface area contributed by atoms with Gasteiger partial charge in [-0.3, -0.25) is 9.56 Å². The van der Waals surface area contributed by atoms with E-state index in [0.717, 1.165) is 38.2 Å². The maximum Gasteiger partial charge on any atom is 0.328 e. The standard InChI is InChI=1S/C18H19Cl2N7O/c19-13-4-1-3-12(15(13)20)10-27-16-14(24-18(27)28)9-23-17(25-16)22-5-2-7-26-8-6-21-11-26/h1,3-4,9,11H,2,5-8,10H2,(H,24,28)(H,22,23,25). The largest absolute Gasteiger partial charge is 0.361 e. The molecular weight excluding hydrogens is 401 g/mol. The van der Waals surface area contributed by atoms with Gasteiger partial charge >= 0.3 is 5.69 Å². The van der Waals surface area contributed by atoms with Gasteiger partial charge < -0.3 is 15.2 Å². The second-order valence-corrected chi connectivity index (χ2v) is 7.28. The lowest BCUT2D eigenvalue weighted by atomic mass is 10.2. The zero-order valence-electron chi connectivity index (χ0n) is 15.0. The van der Waals surface area contributed by atoms with E-state index in [-0.39, 0.29) is 12.2 Å². The van der Waals surface area contributed by atoms with E-state index < -0.39 is 0 Å². The predicted molar refractivity (Wildman–Crippen MR) is 112 cm³/mol. The van der Waals surface area contributed by atoms with Gasteiger partial charge in [-0.15, -0.1) is 0 Å². The maximum atomic E-state index is 12.4. The molecule has 0 fully saturated rings. The van der Waals surface area contributed by atoms with Crippen LogP contribution in [0.1, 0.15) is 12.0 Å². The number of nitrogens with one attached hydrogen (secondary N) is 2. The van der Waals surface area contributed by atoms with Crippen LogP contribution in [0.2, 0.25) is 10.0 Å². The van der Waals surface area contributed by atoms with Gasteiger partial charge in [-0.1, -0.05) is 35.3 Å². The van der Waals surface area contributed by atoms with E-state index in [4.69, 9.17) is 23.2 Å². The first-order valence-corrected chi connectivity index (χ1v) is 9.74. The summed E-state index contributed by atoms with van der Waals surface area (Å²) in [6.07, 6.45) is 4.43. The van der Waals surface area contributed by atoms with Crippen molar-refractivity contribution in [3.63, 3.8) is 0 Å². The lowest BCUT2D eigenvalue weighted by Gasteiger charge is -2.13. The number of H-pyrrole nitrogens is 1. The van der Waals surface area contributed by atoms with E-state index in [2.05, 4.69) is 30.2 Å². The first-order chi connectivity index (χ1) is 13.6. The molecular formula is C18H19Cl2N7O. The van der Waals surface area contributed by atoms with Crippen LogP contribution in [0.4, 0.5) is 5.95 Å². The second-order valence-electron chi connectivity index (χ2n) is 6.50. The molecule has 2 aromatic heterocycles. The molecule has 4 rings (SSSR count). The zero-order valence-corrected chi connectivity index (χ0v) is 16.5. The van der Waals surface area contributed by atoms with Crippen molar-refractivity contribution in [2.24, 2.45) is 4.99 Å². The van der Waals surface area contributed by atoms with Crippen LogP contribution >= 0.6 is 23.2 Å². The molecule has 0 unspecified atom stereocenters. The van der Waals surface area contributed by atoms with E-state index in [1.807, 2.05) is 12.4 Å². The van der Waals surface area contributed by atoms with Gasteiger partial charge in [0.25, 0.3) is 0 Å². The third kappa shape index (κ3) is 3.98. The maximum absolute atomic E-state index is 12.4. The molecule has 3 heterocycles. The van der Waals surface area contributed by atoms with Crippen molar-refractivity contribution in [1.29, 1.82) is 0 Å². The molecule has 146 valence electrons. The Labute approximate surface area is 171 Å². The summed E-state index contributed by atoms with van der Waals surface area (Å²) in [5.74, 6) is 0.479. The summed E-state index contributed by atoms with van der Waals surface area (Å²) in [6.45, 7) is 3.77. The van der Waals surface area contributed by atoms with Gasteiger partial charge in [0.15, 0.2) is 5.65 Å². The molecule has 8 nitrogen and oxygen atoms in total. The molecule has 0 saturated heterocycles. The fraction of sp³-hybridized carbons (Fsp3) is 0.333. The lowest BCUT2D eigenvalue weighted by molar-refractivity contribution is 0.461. The number of aromatic nitrogens is 4. The zero-order chi connectivity index (χ0) is 19.5. The third-order valence-corrected chi connectivity index (χ3v) is 5.40. The first kappa shape index (κ1) is 18.8. The molecule has 0 amide bonds. The number of hydrogen-bond acceptors (Lipinski definition) is 6. The van der Waals surface area contributed by atoms with E-state index in [1.165, 1.54) is 4.57 Å². The molecule has 0 radical (unpaired) electrons. The van der Waals surface area contributed by atoms with Gasteiger partial charge in [0.05, 0.1) is 35.7 Å². The number of benzene rings is 1. The highest BCUT2D eigenvalue weighted by atomic mass is 35.5. The Balaban J connectivity index is 1.50. The van der Waals surface area contributed by atoms with Crippen molar-refractivity contribution < 1.29 is 0 Å². The Morgan fingerprint density at radius 2 is 2.18 bits per heavy atom. The number of halogens is 2. The van der Waals surface area contributed by atoms with E-state index in [1.54, 1.807) is 18.3 Å². The summed E-state index contributed by atoms with van der Waals surface area (Å²) in [4.78, 5) is 30.3. The summed E-state index contributed by atoms with van der Waals surface area (Å²) < 4.78 is 1.53. The molecule has 3 aromatic rings. The fourth-order valence-corrected chi connectivity index (χ4v) is 3.47. The van der Waals surface area contributed by atoms with Crippen molar-refractivity contribution in [3.8, 4) is 0 Å². The highest BCUT2D eigenvalue weighted by Crippen LogP contribution is 2.26. The molecule has 0 saturated carbocycles. The van der Waals surface area contributed by atoms with Crippen LogP contribution in [0.3, 0.4) is 0 Å². The van der Waals surface area contributed by atoms with Gasteiger partial charge in [-0.05, 0) is 18.1 Å². The number of imidazole rings is 1. The molecule has 2 N–H and O–H groups in total. The van der Waals surface area contributed by atoms with Gasteiger partial charge in [0.1, 0.15) is 5.52 Å². The van der Waals surface area contributed by atoms with Crippen molar-refractivity contribution >= 4 is 46.7 Å². The van der Waals surface area contributed by atoms with E-state index in [0.29, 0.717) is 27.2 Å². The number of anilines is 1. The van der Waals surface area contributed by atoms with E-state index in [9.17, 15) is 4.79 Å². The Morgan fingerprint density at radius 1 is 1.29 bits per heavy atom. The van der Waals surface area contributed by atoms with Gasteiger partial charge in [0, 0.05) is 19.6 Å². The molecule has 0 aliphatic carbocycles. The minimum absolute atomic E-state index is 0.267. The van der Waals surface area contributed by atoms with Crippen molar-refractivity contribution in [2.75, 3.05) is 31.5 Å². The molecule has 1 aromatic carbocycles. The molecule has 0 atom stereocenters. The van der Waals surface area contributed by atoms with Crippen LogP contribution < -0.4 is 11.0 Å². The molecule has 28 heavy (non-hydrogen) atoms. The normalized spacial score (nSPS) is 13.6. The average Bonchev–Trinajstić information content (AvgIpc) is 3.31. The van der Waals surface area contributed by atoms with Crippen LogP contribution in [0, 0.1) is 0 Å². The van der Waals surface area contributed by atoms with Crippen molar-refractivity contribution in [2.45, 2.75) is 13.0 Å². The Morgan fingerprint density at radius 3 is 3.00 bits per heavy atom. The van der Waals surface area contributed by atoms with Crippen LogP contribution in [0.5, 0.6) is 0 Å². The second kappa shape index (κ2) is 8.20. The van der Waals surface area contributed by atoms with Crippen LogP contribution in [0.25, 0.3) is 11.2 Å². The van der Waals surface area contributed by atoms with E-state index >= 15 is 0 Å². The number of aromatic amines is 1. The Bertz CT molecular complexity index is 1080. The van der Waals surface area contributed by atoms with Crippen LogP contribution in [0.15, 0.2) is 34.2 Å².